The molecular weight excluding hydrogens is 181 g/mol. The third kappa shape index (κ3) is 1.92. The molecule has 1 saturated carbocycles. The van der Waals surface area contributed by atoms with E-state index in [0.29, 0.717) is 6.42 Å². The molecule has 1 fully saturated rings. The summed E-state index contributed by atoms with van der Waals surface area (Å²) in [4.78, 5) is 11.1. The van der Waals surface area contributed by atoms with Crippen molar-refractivity contribution in [3.63, 3.8) is 0 Å². The summed E-state index contributed by atoms with van der Waals surface area (Å²) in [7, 11) is 0. The maximum Gasteiger partial charge on any atom is 0.419 e. The lowest BCUT2D eigenvalue weighted by Crippen LogP contribution is -2.21. The summed E-state index contributed by atoms with van der Waals surface area (Å²) in [5.41, 5.74) is -1.49. The highest BCUT2D eigenvalue weighted by atomic mass is 19.4. The summed E-state index contributed by atoms with van der Waals surface area (Å²) in [6.07, 6.45) is -4.04. The zero-order valence-electron chi connectivity index (χ0n) is 7.53. The van der Waals surface area contributed by atoms with Crippen LogP contribution in [0.1, 0.15) is 20.3 Å². The summed E-state index contributed by atoms with van der Waals surface area (Å²) in [5.74, 6) is -1.33. The van der Waals surface area contributed by atoms with E-state index in [1.807, 2.05) is 0 Å². The summed E-state index contributed by atoms with van der Waals surface area (Å²) >= 11 is 0. The van der Waals surface area contributed by atoms with Crippen LogP contribution in [0.3, 0.4) is 0 Å². The lowest BCUT2D eigenvalue weighted by molar-refractivity contribution is -0.130. The Morgan fingerprint density at radius 2 is 1.85 bits per heavy atom. The number of allylic oxidation sites excluding steroid dienone is 1. The van der Waals surface area contributed by atoms with Gasteiger partial charge in [0.2, 0.25) is 0 Å². The molecule has 1 rings (SSSR count). The van der Waals surface area contributed by atoms with Crippen molar-refractivity contribution in [2.24, 2.45) is 11.3 Å². The van der Waals surface area contributed by atoms with E-state index in [1.165, 1.54) is 0 Å². The average Bonchev–Trinajstić information content (AvgIpc) is 2.55. The van der Waals surface area contributed by atoms with Crippen LogP contribution in [0.2, 0.25) is 0 Å². The van der Waals surface area contributed by atoms with Crippen LogP contribution in [0.4, 0.5) is 13.2 Å². The summed E-state index contributed by atoms with van der Waals surface area (Å²) < 4.78 is 36.1. The van der Waals surface area contributed by atoms with E-state index >= 15 is 0 Å². The molecule has 0 N–H and O–H groups in total. The van der Waals surface area contributed by atoms with E-state index < -0.39 is 23.5 Å². The SMILES string of the molecule is C=C(C(=O)C1CC1(C)C)C(F)(F)F. The number of halogens is 3. The van der Waals surface area contributed by atoms with E-state index in [2.05, 4.69) is 6.58 Å². The molecule has 0 aromatic rings. The minimum Gasteiger partial charge on any atom is -0.294 e. The Hall–Kier alpha value is -0.800. The van der Waals surface area contributed by atoms with Crippen LogP contribution < -0.4 is 0 Å². The monoisotopic (exact) mass is 192 g/mol. The van der Waals surface area contributed by atoms with Crippen molar-refractivity contribution >= 4 is 5.78 Å². The first kappa shape index (κ1) is 10.3. The highest BCUT2D eigenvalue weighted by molar-refractivity contribution is 6.00. The van der Waals surface area contributed by atoms with Crippen molar-refractivity contribution in [3.8, 4) is 0 Å². The maximum absolute atomic E-state index is 12.0. The van der Waals surface area contributed by atoms with Gasteiger partial charge in [-0.2, -0.15) is 13.2 Å². The second kappa shape index (κ2) is 2.59. The Labute approximate surface area is 74.6 Å². The molecule has 1 unspecified atom stereocenters. The number of carbonyl (C=O) groups excluding carboxylic acids is 1. The van der Waals surface area contributed by atoms with E-state index in [1.54, 1.807) is 13.8 Å². The quantitative estimate of drug-likeness (QED) is 0.615. The molecule has 0 radical (unpaired) electrons. The number of alkyl halides is 3. The molecule has 1 aliphatic carbocycles. The fraction of sp³-hybridized carbons (Fsp3) is 0.667. The van der Waals surface area contributed by atoms with Gasteiger partial charge in [0.1, 0.15) is 0 Å². The summed E-state index contributed by atoms with van der Waals surface area (Å²) in [6.45, 7) is 6.33. The van der Waals surface area contributed by atoms with Gasteiger partial charge in [0, 0.05) is 5.92 Å². The first-order valence-electron chi connectivity index (χ1n) is 3.96. The van der Waals surface area contributed by atoms with Crippen molar-refractivity contribution in [2.75, 3.05) is 0 Å². The van der Waals surface area contributed by atoms with Crippen molar-refractivity contribution < 1.29 is 18.0 Å². The van der Waals surface area contributed by atoms with E-state index in [-0.39, 0.29) is 5.41 Å². The first-order chi connectivity index (χ1) is 5.66. The average molecular weight is 192 g/mol. The molecule has 0 saturated heterocycles. The molecule has 0 aliphatic heterocycles. The first-order valence-corrected chi connectivity index (χ1v) is 3.96. The molecular formula is C9H11F3O. The molecule has 0 bridgehead atoms. The molecule has 13 heavy (non-hydrogen) atoms. The zero-order chi connectivity index (χ0) is 10.4. The van der Waals surface area contributed by atoms with Crippen molar-refractivity contribution in [2.45, 2.75) is 26.4 Å². The smallest absolute Gasteiger partial charge is 0.294 e. The third-order valence-electron chi connectivity index (χ3n) is 2.47. The zero-order valence-corrected chi connectivity index (χ0v) is 7.53. The molecule has 1 atom stereocenters. The van der Waals surface area contributed by atoms with Gasteiger partial charge in [0.25, 0.3) is 0 Å². The normalized spacial score (nSPS) is 25.5. The topological polar surface area (TPSA) is 17.1 Å². The number of Topliss-reactive ketones (excluding diaryl/α,β-unsaturated/α-hetero) is 1. The molecule has 0 aromatic heterocycles. The van der Waals surface area contributed by atoms with Crippen LogP contribution in [0.15, 0.2) is 12.2 Å². The van der Waals surface area contributed by atoms with Gasteiger partial charge in [-0.3, -0.25) is 4.79 Å². The van der Waals surface area contributed by atoms with Gasteiger partial charge < -0.3 is 0 Å². The van der Waals surface area contributed by atoms with Crippen molar-refractivity contribution in [1.82, 2.24) is 0 Å². The molecule has 0 aromatic carbocycles. The van der Waals surface area contributed by atoms with Gasteiger partial charge in [-0.15, -0.1) is 0 Å². The van der Waals surface area contributed by atoms with Gasteiger partial charge in [-0.05, 0) is 11.8 Å². The largest absolute Gasteiger partial charge is 0.419 e. The van der Waals surface area contributed by atoms with Gasteiger partial charge in [-0.25, -0.2) is 0 Å². The molecule has 0 amide bonds. The fourth-order valence-corrected chi connectivity index (χ4v) is 1.26. The predicted molar refractivity (Wildman–Crippen MR) is 42.1 cm³/mol. The van der Waals surface area contributed by atoms with E-state index in [4.69, 9.17) is 0 Å². The molecule has 74 valence electrons. The van der Waals surface area contributed by atoms with Gasteiger partial charge >= 0.3 is 6.18 Å². The van der Waals surface area contributed by atoms with Crippen LogP contribution in [0, 0.1) is 11.3 Å². The van der Waals surface area contributed by atoms with Crippen molar-refractivity contribution in [1.29, 1.82) is 0 Å². The molecule has 0 spiro atoms. The van der Waals surface area contributed by atoms with Crippen LogP contribution in [0.25, 0.3) is 0 Å². The molecule has 1 nitrogen and oxygen atoms in total. The summed E-state index contributed by atoms with van der Waals surface area (Å²) in [5, 5.41) is 0. The molecule has 1 aliphatic rings. The minimum absolute atomic E-state index is 0.273. The molecule has 4 heteroatoms. The fourth-order valence-electron chi connectivity index (χ4n) is 1.26. The lowest BCUT2D eigenvalue weighted by atomic mass is 10.0. The Morgan fingerprint density at radius 3 is 2.08 bits per heavy atom. The van der Waals surface area contributed by atoms with Crippen LogP contribution in [-0.2, 0) is 4.79 Å². The lowest BCUT2D eigenvalue weighted by Gasteiger charge is -2.09. The number of rotatable bonds is 2. The Morgan fingerprint density at radius 1 is 1.46 bits per heavy atom. The second-order valence-corrected chi connectivity index (χ2v) is 4.09. The minimum atomic E-state index is -4.57. The van der Waals surface area contributed by atoms with Gasteiger partial charge in [0.05, 0.1) is 5.57 Å². The maximum atomic E-state index is 12.0. The highest BCUT2D eigenvalue weighted by Gasteiger charge is 2.54. The van der Waals surface area contributed by atoms with Crippen LogP contribution in [0.5, 0.6) is 0 Å². The van der Waals surface area contributed by atoms with Crippen LogP contribution >= 0.6 is 0 Å². The van der Waals surface area contributed by atoms with E-state index in [0.717, 1.165) is 0 Å². The number of ketones is 1. The Bertz CT molecular complexity index is 263. The Kier molecular flexibility index (Phi) is 2.05. The van der Waals surface area contributed by atoms with Crippen LogP contribution in [-0.4, -0.2) is 12.0 Å². The van der Waals surface area contributed by atoms with E-state index in [9.17, 15) is 18.0 Å². The standard InChI is InChI=1S/C9H11F3O/c1-5(9(10,11)12)7(13)6-4-8(6,2)3/h6H,1,4H2,2-3H3. The Balaban J connectivity index is 2.67. The molecule has 0 heterocycles. The highest BCUT2D eigenvalue weighted by Crippen LogP contribution is 2.53. The number of hydrogen-bond acceptors (Lipinski definition) is 1. The van der Waals surface area contributed by atoms with Gasteiger partial charge in [-0.1, -0.05) is 20.4 Å². The second-order valence-electron chi connectivity index (χ2n) is 4.09. The summed E-state index contributed by atoms with van der Waals surface area (Å²) in [6, 6.07) is 0. The predicted octanol–water partition coefficient (Wildman–Crippen LogP) is 2.72. The third-order valence-corrected chi connectivity index (χ3v) is 2.47. The number of hydrogen-bond donors (Lipinski definition) is 0. The number of carbonyl (C=O) groups is 1. The van der Waals surface area contributed by atoms with Gasteiger partial charge in [0.15, 0.2) is 5.78 Å². The van der Waals surface area contributed by atoms with Crippen molar-refractivity contribution in [3.05, 3.63) is 12.2 Å².